The van der Waals surface area contributed by atoms with E-state index >= 15 is 0 Å². The van der Waals surface area contributed by atoms with Crippen molar-refractivity contribution in [3.63, 3.8) is 0 Å². The molecule has 0 spiro atoms. The van der Waals surface area contributed by atoms with Gasteiger partial charge in [-0.3, -0.25) is 0 Å². The molecule has 0 bridgehead atoms. The number of hydrogen-bond acceptors (Lipinski definition) is 1. The Morgan fingerprint density at radius 2 is 1.09 bits per heavy atom. The van der Waals surface area contributed by atoms with E-state index in [2.05, 4.69) is 230 Å². The molecule has 1 aromatic heterocycles. The van der Waals surface area contributed by atoms with Crippen LogP contribution >= 0.6 is 0 Å². The first-order valence-corrected chi connectivity index (χ1v) is 20.1. The summed E-state index contributed by atoms with van der Waals surface area (Å²) in [5.41, 5.74) is 15.0. The zero-order valence-electron chi connectivity index (χ0n) is 32.2. The molecule has 1 heterocycles. The van der Waals surface area contributed by atoms with Gasteiger partial charge in [-0.25, -0.2) is 0 Å². The van der Waals surface area contributed by atoms with E-state index in [1.807, 2.05) is 0 Å². The second-order valence-corrected chi connectivity index (χ2v) is 16.1. The van der Waals surface area contributed by atoms with Crippen LogP contribution in [-0.4, -0.2) is 10.6 Å². The fourth-order valence-corrected chi connectivity index (χ4v) is 9.90. The first kappa shape index (κ1) is 33.4. The first-order valence-electron chi connectivity index (χ1n) is 20.1. The Bertz CT molecular complexity index is 3030. The van der Waals surface area contributed by atoms with Crippen LogP contribution in [0.15, 0.2) is 206 Å². The maximum absolute atomic E-state index is 2.61. The Labute approximate surface area is 334 Å². The molecule has 0 N–H and O–H groups in total. The molecular formula is C55H42N2. The number of benzene rings is 8. The summed E-state index contributed by atoms with van der Waals surface area (Å²) in [6, 6.07) is 67.3. The van der Waals surface area contributed by atoms with Gasteiger partial charge in [-0.1, -0.05) is 184 Å². The molecule has 0 saturated heterocycles. The highest BCUT2D eigenvalue weighted by molar-refractivity contribution is 6.08. The van der Waals surface area contributed by atoms with Gasteiger partial charge in [0.1, 0.15) is 0 Å². The van der Waals surface area contributed by atoms with Crippen LogP contribution in [-0.2, 0) is 5.41 Å². The molecule has 8 aromatic carbocycles. The highest BCUT2D eigenvalue weighted by atomic mass is 15.2. The number of allylic oxidation sites excluding steroid dienone is 2. The minimum Gasteiger partial charge on any atom is -0.332 e. The quantitative estimate of drug-likeness (QED) is 0.165. The van der Waals surface area contributed by atoms with E-state index in [4.69, 9.17) is 0 Å². The van der Waals surface area contributed by atoms with Crippen molar-refractivity contribution in [2.45, 2.75) is 31.3 Å². The Hall–Kier alpha value is -6.90. The normalized spacial score (nSPS) is 16.6. The molecule has 2 heteroatoms. The zero-order valence-corrected chi connectivity index (χ0v) is 32.2. The summed E-state index contributed by atoms with van der Waals surface area (Å²) in [5.74, 6) is 0. The molecule has 9 aromatic rings. The van der Waals surface area contributed by atoms with E-state index in [0.717, 1.165) is 5.69 Å². The standard InChI is InChI=1S/C55H42N2/c1-55(2)47-26-9-5-24-46(47)54-45(25-16-27-48(54)55)44-23-8-10-28-49(44)56(41-20-15-19-39(36-41)40-34-33-37-17-3-4-18-38(37)35-40)52-31-13-14-32-53(52)57-50-29-11-6-21-42(50)43-22-7-12-30-51(43)57/h3-36,52-53H,1-2H3. The van der Waals surface area contributed by atoms with Crippen molar-refractivity contribution in [1.29, 1.82) is 0 Å². The highest BCUT2D eigenvalue weighted by Crippen LogP contribution is 2.54. The highest BCUT2D eigenvalue weighted by Gasteiger charge is 2.38. The summed E-state index contributed by atoms with van der Waals surface area (Å²) >= 11 is 0. The number of para-hydroxylation sites is 3. The smallest absolute Gasteiger partial charge is 0.0769 e. The van der Waals surface area contributed by atoms with E-state index in [-0.39, 0.29) is 17.5 Å². The third kappa shape index (κ3) is 5.25. The lowest BCUT2D eigenvalue weighted by atomic mass is 9.82. The fraction of sp³-hybridized carbons (Fsp3) is 0.0909. The molecule has 0 saturated carbocycles. The fourth-order valence-electron chi connectivity index (χ4n) is 9.90. The van der Waals surface area contributed by atoms with Gasteiger partial charge in [0.05, 0.1) is 12.1 Å². The van der Waals surface area contributed by atoms with Gasteiger partial charge in [0.25, 0.3) is 0 Å². The average molecular weight is 731 g/mol. The third-order valence-corrected chi connectivity index (χ3v) is 12.6. The Morgan fingerprint density at radius 1 is 0.474 bits per heavy atom. The van der Waals surface area contributed by atoms with E-state index < -0.39 is 0 Å². The molecule has 0 amide bonds. The molecule has 57 heavy (non-hydrogen) atoms. The number of anilines is 2. The second kappa shape index (κ2) is 13.1. The van der Waals surface area contributed by atoms with Crippen molar-refractivity contribution < 1.29 is 0 Å². The van der Waals surface area contributed by atoms with Crippen molar-refractivity contribution in [3.05, 3.63) is 217 Å². The van der Waals surface area contributed by atoms with Crippen LogP contribution in [0, 0.1) is 0 Å². The Kier molecular flexibility index (Phi) is 7.69. The van der Waals surface area contributed by atoms with Crippen LogP contribution in [0.4, 0.5) is 11.4 Å². The second-order valence-electron chi connectivity index (χ2n) is 16.1. The maximum atomic E-state index is 2.61. The molecule has 0 fully saturated rings. The van der Waals surface area contributed by atoms with Gasteiger partial charge in [0, 0.05) is 44.2 Å². The summed E-state index contributed by atoms with van der Waals surface area (Å²) in [4.78, 5) is 2.61. The number of fused-ring (bicyclic) bond motifs is 7. The van der Waals surface area contributed by atoms with E-state index in [1.165, 1.54) is 82.8 Å². The largest absolute Gasteiger partial charge is 0.332 e. The van der Waals surface area contributed by atoms with Crippen LogP contribution in [0.1, 0.15) is 31.0 Å². The molecule has 2 unspecified atom stereocenters. The molecule has 2 atom stereocenters. The van der Waals surface area contributed by atoms with Crippen LogP contribution in [0.5, 0.6) is 0 Å². The van der Waals surface area contributed by atoms with Crippen molar-refractivity contribution >= 4 is 44.0 Å². The predicted octanol–water partition coefficient (Wildman–Crippen LogP) is 14.5. The van der Waals surface area contributed by atoms with Gasteiger partial charge in [-0.2, -0.15) is 0 Å². The van der Waals surface area contributed by atoms with Gasteiger partial charge >= 0.3 is 0 Å². The first-order chi connectivity index (χ1) is 28.1. The van der Waals surface area contributed by atoms with Crippen molar-refractivity contribution in [2.75, 3.05) is 4.90 Å². The van der Waals surface area contributed by atoms with Crippen molar-refractivity contribution in [2.24, 2.45) is 0 Å². The van der Waals surface area contributed by atoms with Gasteiger partial charge in [0.2, 0.25) is 0 Å². The van der Waals surface area contributed by atoms with Crippen LogP contribution in [0.3, 0.4) is 0 Å². The molecule has 272 valence electrons. The lowest BCUT2D eigenvalue weighted by Crippen LogP contribution is -2.38. The lowest BCUT2D eigenvalue weighted by molar-refractivity contribution is 0.560. The predicted molar refractivity (Wildman–Crippen MR) is 242 cm³/mol. The van der Waals surface area contributed by atoms with Crippen LogP contribution < -0.4 is 4.90 Å². The summed E-state index contributed by atoms with van der Waals surface area (Å²) in [6.45, 7) is 4.74. The van der Waals surface area contributed by atoms with E-state index in [1.54, 1.807) is 0 Å². The Morgan fingerprint density at radius 3 is 1.91 bits per heavy atom. The maximum Gasteiger partial charge on any atom is 0.0769 e. The van der Waals surface area contributed by atoms with Crippen molar-refractivity contribution in [3.8, 4) is 33.4 Å². The van der Waals surface area contributed by atoms with Gasteiger partial charge in [-0.05, 0) is 86.1 Å². The summed E-state index contributed by atoms with van der Waals surface area (Å²) in [7, 11) is 0. The average Bonchev–Trinajstić information content (AvgIpc) is 3.72. The number of rotatable bonds is 6. The van der Waals surface area contributed by atoms with Gasteiger partial charge in [-0.15, -0.1) is 0 Å². The molecule has 0 radical (unpaired) electrons. The molecule has 2 nitrogen and oxygen atoms in total. The Balaban J connectivity index is 1.16. The van der Waals surface area contributed by atoms with Crippen LogP contribution in [0.2, 0.25) is 0 Å². The third-order valence-electron chi connectivity index (χ3n) is 12.6. The minimum absolute atomic E-state index is 0.00155. The topological polar surface area (TPSA) is 8.17 Å². The zero-order chi connectivity index (χ0) is 38.1. The molecular weight excluding hydrogens is 689 g/mol. The number of hydrogen-bond donors (Lipinski definition) is 0. The molecule has 2 aliphatic carbocycles. The van der Waals surface area contributed by atoms with E-state index in [0.29, 0.717) is 0 Å². The summed E-state index contributed by atoms with van der Waals surface area (Å²) < 4.78 is 2.57. The van der Waals surface area contributed by atoms with Crippen molar-refractivity contribution in [1.82, 2.24) is 4.57 Å². The minimum atomic E-state index is -0.0940. The van der Waals surface area contributed by atoms with Crippen LogP contribution in [0.25, 0.3) is 66.0 Å². The monoisotopic (exact) mass is 730 g/mol. The molecule has 11 rings (SSSR count). The summed E-state index contributed by atoms with van der Waals surface area (Å²) in [6.07, 6.45) is 9.26. The van der Waals surface area contributed by atoms with E-state index in [9.17, 15) is 0 Å². The SMILES string of the molecule is CC1(C)c2ccccc2-c2c(-c3ccccc3N(c3cccc(-c4ccc5ccccc5c4)c3)C3C=CC=CC3n3c4ccccc4c4ccccc43)cccc21. The van der Waals surface area contributed by atoms with Gasteiger partial charge in [0.15, 0.2) is 0 Å². The number of aromatic nitrogens is 1. The summed E-state index contributed by atoms with van der Waals surface area (Å²) in [5, 5.41) is 5.05. The lowest BCUT2D eigenvalue weighted by Gasteiger charge is -2.39. The number of nitrogens with zero attached hydrogens (tertiary/aromatic N) is 2. The van der Waals surface area contributed by atoms with Gasteiger partial charge < -0.3 is 9.47 Å². The molecule has 2 aliphatic rings. The molecule has 0 aliphatic heterocycles.